The van der Waals surface area contributed by atoms with Crippen LogP contribution in [0.4, 0.5) is 5.69 Å². The number of aromatic nitrogens is 1. The van der Waals surface area contributed by atoms with Crippen LogP contribution in [0.1, 0.15) is 24.3 Å². The molecule has 0 bridgehead atoms. The van der Waals surface area contributed by atoms with Crippen LogP contribution >= 0.6 is 0 Å². The zero-order chi connectivity index (χ0) is 14.0. The van der Waals surface area contributed by atoms with E-state index in [1.54, 1.807) is 44.3 Å². The van der Waals surface area contributed by atoms with Gasteiger partial charge in [0.15, 0.2) is 0 Å². The van der Waals surface area contributed by atoms with Gasteiger partial charge < -0.3 is 16.2 Å². The number of rotatable bonds is 3. The van der Waals surface area contributed by atoms with Crippen molar-refractivity contribution >= 4 is 22.4 Å². The first-order chi connectivity index (χ1) is 8.93. The Kier molecular flexibility index (Phi) is 3.40. The summed E-state index contributed by atoms with van der Waals surface area (Å²) < 4.78 is 0. The lowest BCUT2D eigenvalue weighted by Crippen LogP contribution is -2.46. The van der Waals surface area contributed by atoms with E-state index < -0.39 is 5.54 Å². The highest BCUT2D eigenvalue weighted by atomic mass is 16.3. The summed E-state index contributed by atoms with van der Waals surface area (Å²) in [4.78, 5) is 16.3. The van der Waals surface area contributed by atoms with Gasteiger partial charge in [0.25, 0.3) is 5.91 Å². The van der Waals surface area contributed by atoms with Gasteiger partial charge in [0.2, 0.25) is 0 Å². The van der Waals surface area contributed by atoms with Crippen molar-refractivity contribution in [3.05, 3.63) is 36.2 Å². The molecule has 19 heavy (non-hydrogen) atoms. The minimum Gasteiger partial charge on any atom is -0.399 e. The number of carbonyl (C=O) groups excluding carboxylic acids is 1. The molecule has 0 unspecified atom stereocenters. The number of pyridine rings is 1. The number of nitrogens with one attached hydrogen (secondary N) is 1. The normalized spacial score (nSPS) is 11.5. The van der Waals surface area contributed by atoms with Gasteiger partial charge in [0, 0.05) is 17.3 Å². The Labute approximate surface area is 111 Å². The highest BCUT2D eigenvalue weighted by Crippen LogP contribution is 2.20. The lowest BCUT2D eigenvalue weighted by atomic mass is 10.1. The molecule has 100 valence electrons. The Bertz CT molecular complexity index is 623. The maximum absolute atomic E-state index is 12.2. The van der Waals surface area contributed by atoms with E-state index in [1.165, 1.54) is 0 Å². The zero-order valence-corrected chi connectivity index (χ0v) is 11.0. The van der Waals surface area contributed by atoms with Crippen molar-refractivity contribution in [2.45, 2.75) is 19.4 Å². The number of fused-ring (bicyclic) bond motifs is 1. The van der Waals surface area contributed by atoms with E-state index >= 15 is 0 Å². The second-order valence-corrected chi connectivity index (χ2v) is 5.14. The summed E-state index contributed by atoms with van der Waals surface area (Å²) in [6.07, 6.45) is 1.57. The molecule has 5 nitrogen and oxygen atoms in total. The summed E-state index contributed by atoms with van der Waals surface area (Å²) in [5, 5.41) is 13.5. The Balaban J connectivity index is 2.43. The Morgan fingerprint density at radius 2 is 2.16 bits per heavy atom. The molecule has 1 aromatic carbocycles. The van der Waals surface area contributed by atoms with Crippen LogP contribution in [0.2, 0.25) is 0 Å². The standard InChI is InChI=1S/C14H17N3O2/c1-14(2,8-18)17-13(19)12-11-4-3-10(15)7-9(11)5-6-16-12/h3-7,18H,8,15H2,1-2H3,(H,17,19). The fraction of sp³-hybridized carbons (Fsp3) is 0.286. The third-order valence-electron chi connectivity index (χ3n) is 2.85. The molecule has 0 radical (unpaired) electrons. The van der Waals surface area contributed by atoms with Crippen LogP contribution in [0.5, 0.6) is 0 Å². The van der Waals surface area contributed by atoms with Crippen LogP contribution in [-0.2, 0) is 0 Å². The second kappa shape index (κ2) is 4.85. The summed E-state index contributed by atoms with van der Waals surface area (Å²) in [6, 6.07) is 7.11. The third kappa shape index (κ3) is 2.82. The van der Waals surface area contributed by atoms with Gasteiger partial charge >= 0.3 is 0 Å². The summed E-state index contributed by atoms with van der Waals surface area (Å²) in [7, 11) is 0. The number of anilines is 1. The molecule has 1 amide bonds. The Hall–Kier alpha value is -2.14. The molecule has 5 heteroatoms. The number of amides is 1. The van der Waals surface area contributed by atoms with Crippen LogP contribution in [-0.4, -0.2) is 28.1 Å². The van der Waals surface area contributed by atoms with Crippen LogP contribution in [0.3, 0.4) is 0 Å². The van der Waals surface area contributed by atoms with Gasteiger partial charge in [0.1, 0.15) is 5.69 Å². The molecule has 1 heterocycles. The minimum atomic E-state index is -0.686. The smallest absolute Gasteiger partial charge is 0.271 e. The van der Waals surface area contributed by atoms with E-state index in [1.807, 2.05) is 0 Å². The number of hydrogen-bond donors (Lipinski definition) is 3. The molecule has 2 aromatic rings. The monoisotopic (exact) mass is 259 g/mol. The SMILES string of the molecule is CC(C)(CO)NC(=O)c1nccc2cc(N)ccc12. The quantitative estimate of drug-likeness (QED) is 0.725. The molecule has 0 aliphatic carbocycles. The molecule has 2 rings (SSSR count). The van der Waals surface area contributed by atoms with Crippen molar-refractivity contribution in [1.29, 1.82) is 0 Å². The molecule has 0 aliphatic rings. The average molecular weight is 259 g/mol. The minimum absolute atomic E-state index is 0.142. The van der Waals surface area contributed by atoms with Crippen molar-refractivity contribution in [1.82, 2.24) is 10.3 Å². The number of nitrogens with two attached hydrogens (primary N) is 1. The van der Waals surface area contributed by atoms with E-state index in [0.717, 1.165) is 10.8 Å². The zero-order valence-electron chi connectivity index (χ0n) is 11.0. The van der Waals surface area contributed by atoms with E-state index in [9.17, 15) is 9.90 Å². The highest BCUT2D eigenvalue weighted by Gasteiger charge is 2.21. The van der Waals surface area contributed by atoms with Gasteiger partial charge in [-0.25, -0.2) is 0 Å². The van der Waals surface area contributed by atoms with Gasteiger partial charge in [-0.3, -0.25) is 9.78 Å². The number of aliphatic hydroxyl groups excluding tert-OH is 1. The van der Waals surface area contributed by atoms with E-state index in [2.05, 4.69) is 10.3 Å². The number of nitrogens with zero attached hydrogens (tertiary/aromatic N) is 1. The van der Waals surface area contributed by atoms with Crippen LogP contribution in [0.25, 0.3) is 10.8 Å². The predicted octanol–water partition coefficient (Wildman–Crippen LogP) is 1.32. The summed E-state index contributed by atoms with van der Waals surface area (Å²) in [6.45, 7) is 3.35. The lowest BCUT2D eigenvalue weighted by Gasteiger charge is -2.23. The van der Waals surface area contributed by atoms with Crippen molar-refractivity contribution in [2.75, 3.05) is 12.3 Å². The molecular formula is C14H17N3O2. The molecule has 0 atom stereocenters. The number of aliphatic hydroxyl groups is 1. The fourth-order valence-electron chi connectivity index (χ4n) is 1.78. The number of benzene rings is 1. The fourth-order valence-corrected chi connectivity index (χ4v) is 1.78. The topological polar surface area (TPSA) is 88.2 Å². The molecular weight excluding hydrogens is 242 g/mol. The first kappa shape index (κ1) is 13.3. The predicted molar refractivity (Wildman–Crippen MR) is 74.8 cm³/mol. The van der Waals surface area contributed by atoms with Crippen LogP contribution in [0.15, 0.2) is 30.5 Å². The molecule has 0 aliphatic heterocycles. The number of nitrogen functional groups attached to an aromatic ring is 1. The van der Waals surface area contributed by atoms with Gasteiger partial charge in [0.05, 0.1) is 12.1 Å². The molecule has 1 aromatic heterocycles. The van der Waals surface area contributed by atoms with Crippen LogP contribution < -0.4 is 11.1 Å². The Morgan fingerprint density at radius 3 is 2.84 bits per heavy atom. The second-order valence-electron chi connectivity index (χ2n) is 5.14. The summed E-state index contributed by atoms with van der Waals surface area (Å²) in [5.74, 6) is -0.311. The van der Waals surface area contributed by atoms with Gasteiger partial charge in [-0.15, -0.1) is 0 Å². The van der Waals surface area contributed by atoms with Crippen molar-refractivity contribution in [3.8, 4) is 0 Å². The first-order valence-corrected chi connectivity index (χ1v) is 6.00. The van der Waals surface area contributed by atoms with Crippen molar-refractivity contribution in [2.24, 2.45) is 0 Å². The first-order valence-electron chi connectivity index (χ1n) is 6.00. The largest absolute Gasteiger partial charge is 0.399 e. The summed E-state index contributed by atoms with van der Waals surface area (Å²) in [5.41, 5.74) is 6.01. The van der Waals surface area contributed by atoms with Gasteiger partial charge in [-0.2, -0.15) is 0 Å². The molecule has 0 fully saturated rings. The van der Waals surface area contributed by atoms with Gasteiger partial charge in [-0.1, -0.05) is 0 Å². The third-order valence-corrected chi connectivity index (χ3v) is 2.85. The molecule has 0 saturated carbocycles. The van der Waals surface area contributed by atoms with Crippen molar-refractivity contribution in [3.63, 3.8) is 0 Å². The van der Waals surface area contributed by atoms with Crippen molar-refractivity contribution < 1.29 is 9.90 Å². The lowest BCUT2D eigenvalue weighted by molar-refractivity contribution is 0.0866. The summed E-state index contributed by atoms with van der Waals surface area (Å²) >= 11 is 0. The number of carbonyl (C=O) groups is 1. The molecule has 0 saturated heterocycles. The van der Waals surface area contributed by atoms with E-state index in [0.29, 0.717) is 11.4 Å². The number of hydrogen-bond acceptors (Lipinski definition) is 4. The maximum Gasteiger partial charge on any atom is 0.271 e. The van der Waals surface area contributed by atoms with Crippen LogP contribution in [0, 0.1) is 0 Å². The van der Waals surface area contributed by atoms with E-state index in [-0.39, 0.29) is 12.5 Å². The average Bonchev–Trinajstić information content (AvgIpc) is 2.37. The van der Waals surface area contributed by atoms with E-state index in [4.69, 9.17) is 5.73 Å². The molecule has 4 N–H and O–H groups in total. The Morgan fingerprint density at radius 1 is 1.42 bits per heavy atom. The maximum atomic E-state index is 12.2. The molecule has 0 spiro atoms. The van der Waals surface area contributed by atoms with Gasteiger partial charge in [-0.05, 0) is 43.5 Å². The highest BCUT2D eigenvalue weighted by molar-refractivity contribution is 6.05.